The van der Waals surface area contributed by atoms with Crippen molar-refractivity contribution in [2.45, 2.75) is 23.4 Å². The molecule has 0 atom stereocenters. The minimum absolute atomic E-state index is 0.0305. The first-order chi connectivity index (χ1) is 15.8. The zero-order valence-electron chi connectivity index (χ0n) is 17.3. The maximum Gasteiger partial charge on any atom is 0.453 e. The zero-order chi connectivity index (χ0) is 23.2. The Morgan fingerprint density at radius 3 is 2.70 bits per heavy atom. The fourth-order valence-electron chi connectivity index (χ4n) is 3.81. The second-order valence-corrected chi connectivity index (χ2v) is 9.68. The molecular formula is C20H18F3N7OS2. The van der Waals surface area contributed by atoms with Gasteiger partial charge in [-0.15, -0.1) is 26.6 Å². The van der Waals surface area contributed by atoms with E-state index < -0.39 is 12.0 Å². The van der Waals surface area contributed by atoms with Crippen LogP contribution in [0.4, 0.5) is 24.7 Å². The zero-order valence-corrected chi connectivity index (χ0v) is 19.0. The Morgan fingerprint density at radius 1 is 1.18 bits per heavy atom. The van der Waals surface area contributed by atoms with Crippen molar-refractivity contribution in [3.63, 3.8) is 0 Å². The second-order valence-electron chi connectivity index (χ2n) is 7.60. The van der Waals surface area contributed by atoms with Gasteiger partial charge in [-0.1, -0.05) is 11.8 Å². The molecule has 0 aliphatic carbocycles. The van der Waals surface area contributed by atoms with E-state index in [0.717, 1.165) is 20.2 Å². The van der Waals surface area contributed by atoms with E-state index in [4.69, 9.17) is 0 Å². The van der Waals surface area contributed by atoms with Crippen LogP contribution in [0.25, 0.3) is 15.9 Å². The summed E-state index contributed by atoms with van der Waals surface area (Å²) in [7, 11) is 0. The van der Waals surface area contributed by atoms with Crippen molar-refractivity contribution in [1.29, 1.82) is 0 Å². The Balaban J connectivity index is 1.25. The molecule has 0 spiro atoms. The monoisotopic (exact) mass is 493 g/mol. The SMILES string of the molecule is CSc1nc2ccc(NC(=O)C3CCN(c4ccc5nnc(C(F)(F)F)n5n4)CC3)cc2s1. The van der Waals surface area contributed by atoms with E-state index >= 15 is 0 Å². The first kappa shape index (κ1) is 21.9. The minimum atomic E-state index is -4.64. The smallest absolute Gasteiger partial charge is 0.355 e. The Bertz CT molecular complexity index is 1330. The lowest BCUT2D eigenvalue weighted by Gasteiger charge is -2.32. The van der Waals surface area contributed by atoms with Crippen LogP contribution in [0, 0.1) is 5.92 Å². The molecule has 0 saturated carbocycles. The number of nitrogens with zero attached hydrogens (tertiary/aromatic N) is 6. The highest BCUT2D eigenvalue weighted by Gasteiger charge is 2.38. The quantitative estimate of drug-likeness (QED) is 0.424. The molecule has 172 valence electrons. The van der Waals surface area contributed by atoms with Gasteiger partial charge in [0.15, 0.2) is 9.99 Å². The van der Waals surface area contributed by atoms with Crippen LogP contribution in [-0.2, 0) is 11.0 Å². The van der Waals surface area contributed by atoms with Crippen LogP contribution in [0.5, 0.6) is 0 Å². The average Bonchev–Trinajstić information content (AvgIpc) is 3.42. The molecule has 1 amide bonds. The lowest BCUT2D eigenvalue weighted by molar-refractivity contribution is -0.146. The number of hydrogen-bond acceptors (Lipinski definition) is 8. The number of benzene rings is 1. The summed E-state index contributed by atoms with van der Waals surface area (Å²) >= 11 is 3.17. The molecule has 8 nitrogen and oxygen atoms in total. The van der Waals surface area contributed by atoms with E-state index in [0.29, 0.717) is 36.3 Å². The second kappa shape index (κ2) is 8.45. The topological polar surface area (TPSA) is 88.3 Å². The van der Waals surface area contributed by atoms with Crippen molar-refractivity contribution in [2.75, 3.05) is 29.6 Å². The number of alkyl halides is 3. The first-order valence-electron chi connectivity index (χ1n) is 10.1. The molecular weight excluding hydrogens is 475 g/mol. The number of aromatic nitrogens is 5. The standard InChI is InChI=1S/C20H18F3N7OS2/c1-32-19-25-13-3-2-12(10-14(13)33-19)24-17(31)11-6-8-29(9-7-11)16-5-4-15-26-27-18(20(21,22)23)30(15)28-16/h2-5,10-11H,6-9H2,1H3,(H,24,31). The number of hydrogen-bond donors (Lipinski definition) is 1. The average molecular weight is 494 g/mol. The fourth-order valence-corrected chi connectivity index (χ4v) is 5.34. The van der Waals surface area contributed by atoms with Gasteiger partial charge in [0.1, 0.15) is 5.82 Å². The van der Waals surface area contributed by atoms with Crippen molar-refractivity contribution in [2.24, 2.45) is 5.92 Å². The molecule has 4 aromatic rings. The molecule has 0 bridgehead atoms. The van der Waals surface area contributed by atoms with Crippen molar-refractivity contribution in [3.05, 3.63) is 36.2 Å². The van der Waals surface area contributed by atoms with Crippen molar-refractivity contribution < 1.29 is 18.0 Å². The predicted octanol–water partition coefficient (Wildman–Crippen LogP) is 4.33. The number of carbonyl (C=O) groups is 1. The summed E-state index contributed by atoms with van der Waals surface area (Å²) in [5.41, 5.74) is 1.66. The van der Waals surface area contributed by atoms with E-state index in [1.54, 1.807) is 29.2 Å². The molecule has 1 N–H and O–H groups in total. The van der Waals surface area contributed by atoms with Gasteiger partial charge in [0.2, 0.25) is 5.91 Å². The molecule has 1 aliphatic rings. The van der Waals surface area contributed by atoms with E-state index in [2.05, 4.69) is 25.6 Å². The molecule has 4 heterocycles. The summed E-state index contributed by atoms with van der Waals surface area (Å²) in [5.74, 6) is -1.02. The summed E-state index contributed by atoms with van der Waals surface area (Å²) in [5, 5.41) is 13.8. The largest absolute Gasteiger partial charge is 0.453 e. The Morgan fingerprint density at radius 2 is 1.97 bits per heavy atom. The van der Waals surface area contributed by atoms with Gasteiger partial charge in [-0.25, -0.2) is 4.98 Å². The number of amides is 1. The summed E-state index contributed by atoms with van der Waals surface area (Å²) in [6.07, 6.45) is -1.53. The number of halogens is 3. The third-order valence-corrected chi connectivity index (χ3v) is 7.51. The molecule has 33 heavy (non-hydrogen) atoms. The molecule has 1 aliphatic heterocycles. The molecule has 13 heteroatoms. The van der Waals surface area contributed by atoms with Gasteiger partial charge in [-0.2, -0.15) is 17.7 Å². The predicted molar refractivity (Wildman–Crippen MR) is 121 cm³/mol. The van der Waals surface area contributed by atoms with Gasteiger partial charge in [0.05, 0.1) is 10.2 Å². The van der Waals surface area contributed by atoms with Crippen LogP contribution in [-0.4, -0.2) is 50.0 Å². The van der Waals surface area contributed by atoms with Crippen molar-refractivity contribution in [1.82, 2.24) is 24.8 Å². The van der Waals surface area contributed by atoms with Crippen LogP contribution in [0.3, 0.4) is 0 Å². The molecule has 5 rings (SSSR count). The van der Waals surface area contributed by atoms with Gasteiger partial charge < -0.3 is 10.2 Å². The summed E-state index contributed by atoms with van der Waals surface area (Å²) in [6, 6.07) is 8.75. The number of nitrogens with one attached hydrogen (secondary N) is 1. The van der Waals surface area contributed by atoms with Gasteiger partial charge in [0, 0.05) is 24.7 Å². The molecule has 0 unspecified atom stereocenters. The number of anilines is 2. The van der Waals surface area contributed by atoms with Crippen LogP contribution >= 0.6 is 23.1 Å². The van der Waals surface area contributed by atoms with Crippen LogP contribution in [0.2, 0.25) is 0 Å². The van der Waals surface area contributed by atoms with E-state index in [9.17, 15) is 18.0 Å². The molecule has 3 aromatic heterocycles. The van der Waals surface area contributed by atoms with Crippen LogP contribution in [0.1, 0.15) is 18.7 Å². The summed E-state index contributed by atoms with van der Waals surface area (Å²) in [4.78, 5) is 19.2. The highest BCUT2D eigenvalue weighted by atomic mass is 32.2. The highest BCUT2D eigenvalue weighted by molar-refractivity contribution is 8.00. The van der Waals surface area contributed by atoms with Gasteiger partial charge in [-0.05, 0) is 49.4 Å². The maximum atomic E-state index is 13.1. The Hall–Kier alpha value is -2.93. The molecule has 1 fully saturated rings. The third kappa shape index (κ3) is 4.34. The fraction of sp³-hybridized carbons (Fsp3) is 0.350. The van der Waals surface area contributed by atoms with Gasteiger partial charge >= 0.3 is 6.18 Å². The number of thiazole rings is 1. The van der Waals surface area contributed by atoms with E-state index in [-0.39, 0.29) is 17.5 Å². The number of piperidine rings is 1. The third-order valence-electron chi connectivity index (χ3n) is 5.50. The van der Waals surface area contributed by atoms with E-state index in [1.165, 1.54) is 6.07 Å². The van der Waals surface area contributed by atoms with Crippen LogP contribution < -0.4 is 10.2 Å². The normalized spacial score (nSPS) is 15.5. The van der Waals surface area contributed by atoms with Crippen molar-refractivity contribution in [3.8, 4) is 0 Å². The number of fused-ring (bicyclic) bond motifs is 2. The van der Waals surface area contributed by atoms with E-state index in [1.807, 2.05) is 29.4 Å². The molecule has 0 radical (unpaired) electrons. The lowest BCUT2D eigenvalue weighted by atomic mass is 9.96. The number of rotatable bonds is 4. The number of thioether (sulfide) groups is 1. The van der Waals surface area contributed by atoms with Gasteiger partial charge in [-0.3, -0.25) is 4.79 Å². The molecule has 1 aromatic carbocycles. The maximum absolute atomic E-state index is 13.1. The first-order valence-corrected chi connectivity index (χ1v) is 12.2. The Kier molecular flexibility index (Phi) is 5.60. The Labute approximate surface area is 194 Å². The summed E-state index contributed by atoms with van der Waals surface area (Å²) < 4.78 is 42.1. The summed E-state index contributed by atoms with van der Waals surface area (Å²) in [6.45, 7) is 1.01. The van der Waals surface area contributed by atoms with Gasteiger partial charge in [0.25, 0.3) is 5.82 Å². The number of carbonyl (C=O) groups excluding carboxylic acids is 1. The highest BCUT2D eigenvalue weighted by Crippen LogP contribution is 2.31. The minimum Gasteiger partial charge on any atom is -0.355 e. The molecule has 1 saturated heterocycles. The lowest BCUT2D eigenvalue weighted by Crippen LogP contribution is -2.38. The van der Waals surface area contributed by atoms with Crippen LogP contribution in [0.15, 0.2) is 34.7 Å². The van der Waals surface area contributed by atoms with Crippen molar-refractivity contribution >= 4 is 56.4 Å².